The molecule has 1 aromatic heterocycles. The van der Waals surface area contributed by atoms with Gasteiger partial charge in [0, 0.05) is 22.8 Å². The quantitative estimate of drug-likeness (QED) is 0.355. The van der Waals surface area contributed by atoms with E-state index in [-0.39, 0.29) is 0 Å². The van der Waals surface area contributed by atoms with Crippen molar-refractivity contribution in [2.75, 3.05) is 10.6 Å². The smallest absolute Gasteiger partial charge is 0.176 e. The second-order valence-corrected chi connectivity index (χ2v) is 7.91. The Hall–Kier alpha value is -2.60. The van der Waals surface area contributed by atoms with Gasteiger partial charge in [0.2, 0.25) is 0 Å². The highest BCUT2D eigenvalue weighted by Gasteiger charge is 2.09. The van der Waals surface area contributed by atoms with Gasteiger partial charge in [-0.05, 0) is 48.3 Å². The van der Waals surface area contributed by atoms with Crippen LogP contribution in [0, 0.1) is 6.92 Å². The summed E-state index contributed by atoms with van der Waals surface area (Å²) in [5, 5.41) is 14.9. The molecule has 0 radical (unpaired) electrons. The average Bonchev–Trinajstić information content (AvgIpc) is 3.03. The van der Waals surface area contributed by atoms with Gasteiger partial charge in [-0.2, -0.15) is 5.10 Å². The van der Waals surface area contributed by atoms with E-state index in [4.69, 9.17) is 35.4 Å². The standard InChI is InChI=1S/C22H18Cl2N4S/c1-14-11-21(27-28(14)13-15-9-10-18(23)19(24)12-15)26-22(29)25-20-8-4-6-16-5-2-3-7-17(16)20/h2-12H,13H2,1H3,(H2,25,26,27,29). The Morgan fingerprint density at radius 1 is 0.966 bits per heavy atom. The number of thiocarbonyl (C=S) groups is 1. The summed E-state index contributed by atoms with van der Waals surface area (Å²) >= 11 is 17.6. The Morgan fingerprint density at radius 2 is 1.76 bits per heavy atom. The number of rotatable bonds is 4. The van der Waals surface area contributed by atoms with Gasteiger partial charge < -0.3 is 10.6 Å². The van der Waals surface area contributed by atoms with Gasteiger partial charge in [-0.25, -0.2) is 0 Å². The molecule has 0 unspecified atom stereocenters. The van der Waals surface area contributed by atoms with Crippen molar-refractivity contribution in [2.45, 2.75) is 13.5 Å². The first-order chi connectivity index (χ1) is 14.0. The van der Waals surface area contributed by atoms with Gasteiger partial charge in [-0.1, -0.05) is 65.7 Å². The maximum absolute atomic E-state index is 6.11. The van der Waals surface area contributed by atoms with Gasteiger partial charge in [0.15, 0.2) is 10.9 Å². The fourth-order valence-corrected chi connectivity index (χ4v) is 3.68. The van der Waals surface area contributed by atoms with Crippen LogP contribution in [0.4, 0.5) is 11.5 Å². The van der Waals surface area contributed by atoms with Gasteiger partial charge in [0.1, 0.15) is 0 Å². The van der Waals surface area contributed by atoms with E-state index in [9.17, 15) is 0 Å². The topological polar surface area (TPSA) is 41.9 Å². The van der Waals surface area contributed by atoms with Gasteiger partial charge in [0.05, 0.1) is 16.6 Å². The molecule has 3 aromatic carbocycles. The van der Waals surface area contributed by atoms with Crippen molar-refractivity contribution in [1.29, 1.82) is 0 Å². The van der Waals surface area contributed by atoms with Crippen LogP contribution in [0.1, 0.15) is 11.3 Å². The van der Waals surface area contributed by atoms with E-state index in [1.807, 2.05) is 54.1 Å². The number of benzene rings is 3. The van der Waals surface area contributed by atoms with Crippen molar-refractivity contribution in [3.63, 3.8) is 0 Å². The molecular formula is C22H18Cl2N4S. The molecule has 0 saturated heterocycles. The number of hydrogen-bond donors (Lipinski definition) is 2. The minimum absolute atomic E-state index is 0.487. The summed E-state index contributed by atoms with van der Waals surface area (Å²) in [5.41, 5.74) is 2.98. The first-order valence-corrected chi connectivity index (χ1v) is 10.2. The molecule has 2 N–H and O–H groups in total. The van der Waals surface area contributed by atoms with E-state index < -0.39 is 0 Å². The third-order valence-corrected chi connectivity index (χ3v) is 5.52. The van der Waals surface area contributed by atoms with Crippen molar-refractivity contribution >= 4 is 62.8 Å². The molecule has 4 nitrogen and oxygen atoms in total. The van der Waals surface area contributed by atoms with Crippen molar-refractivity contribution in [3.8, 4) is 0 Å². The maximum atomic E-state index is 6.11. The lowest BCUT2D eigenvalue weighted by molar-refractivity contribution is 0.668. The minimum Gasteiger partial charge on any atom is -0.332 e. The lowest BCUT2D eigenvalue weighted by Gasteiger charge is -2.11. The summed E-state index contributed by atoms with van der Waals surface area (Å²) in [4.78, 5) is 0. The minimum atomic E-state index is 0.487. The van der Waals surface area contributed by atoms with E-state index >= 15 is 0 Å². The summed E-state index contributed by atoms with van der Waals surface area (Å²) in [7, 11) is 0. The average molecular weight is 441 g/mol. The molecule has 0 aliphatic carbocycles. The Labute approximate surface area is 184 Å². The molecule has 0 aliphatic heterocycles. The molecule has 0 spiro atoms. The predicted octanol–water partition coefficient (Wildman–Crippen LogP) is 6.51. The summed E-state index contributed by atoms with van der Waals surface area (Å²) in [5.74, 6) is 0.681. The molecule has 0 bridgehead atoms. The van der Waals surface area contributed by atoms with E-state index in [1.165, 1.54) is 0 Å². The van der Waals surface area contributed by atoms with Crippen LogP contribution in [-0.2, 0) is 6.54 Å². The zero-order valence-electron chi connectivity index (χ0n) is 15.6. The number of aryl methyl sites for hydroxylation is 1. The Kier molecular flexibility index (Phi) is 5.72. The van der Waals surface area contributed by atoms with Crippen LogP contribution in [0.3, 0.4) is 0 Å². The molecule has 146 valence electrons. The van der Waals surface area contributed by atoms with Crippen LogP contribution < -0.4 is 10.6 Å². The van der Waals surface area contributed by atoms with Crippen molar-refractivity contribution < 1.29 is 0 Å². The van der Waals surface area contributed by atoms with Crippen LogP contribution in [0.2, 0.25) is 10.0 Å². The monoisotopic (exact) mass is 440 g/mol. The predicted molar refractivity (Wildman–Crippen MR) is 126 cm³/mol. The molecule has 4 aromatic rings. The number of halogens is 2. The van der Waals surface area contributed by atoms with Crippen LogP contribution in [-0.4, -0.2) is 14.9 Å². The Morgan fingerprint density at radius 3 is 2.59 bits per heavy atom. The maximum Gasteiger partial charge on any atom is 0.176 e. The van der Waals surface area contributed by atoms with E-state index in [0.29, 0.717) is 27.5 Å². The number of hydrogen-bond acceptors (Lipinski definition) is 2. The molecule has 1 heterocycles. The number of nitrogens with zero attached hydrogens (tertiary/aromatic N) is 2. The van der Waals surface area contributed by atoms with Crippen LogP contribution in [0.5, 0.6) is 0 Å². The zero-order chi connectivity index (χ0) is 20.4. The van der Waals surface area contributed by atoms with E-state index in [2.05, 4.69) is 33.9 Å². The summed E-state index contributed by atoms with van der Waals surface area (Å²) in [6, 6.07) is 21.8. The van der Waals surface area contributed by atoms with E-state index in [0.717, 1.165) is 27.7 Å². The van der Waals surface area contributed by atoms with E-state index in [1.54, 1.807) is 6.07 Å². The number of fused-ring (bicyclic) bond motifs is 1. The third kappa shape index (κ3) is 4.53. The fourth-order valence-electron chi connectivity index (χ4n) is 3.15. The molecule has 29 heavy (non-hydrogen) atoms. The fraction of sp³-hybridized carbons (Fsp3) is 0.0909. The van der Waals surface area contributed by atoms with Crippen molar-refractivity contribution in [2.24, 2.45) is 0 Å². The van der Waals surface area contributed by atoms with Crippen molar-refractivity contribution in [3.05, 3.63) is 88.0 Å². The van der Waals surface area contributed by atoms with Gasteiger partial charge in [-0.15, -0.1) is 0 Å². The van der Waals surface area contributed by atoms with Crippen LogP contribution >= 0.6 is 35.4 Å². The number of nitrogens with one attached hydrogen (secondary N) is 2. The lowest BCUT2D eigenvalue weighted by Crippen LogP contribution is -2.19. The molecular weight excluding hydrogens is 423 g/mol. The SMILES string of the molecule is Cc1cc(NC(=S)Nc2cccc3ccccc23)nn1Cc1ccc(Cl)c(Cl)c1. The van der Waals surface area contributed by atoms with Crippen LogP contribution in [0.25, 0.3) is 10.8 Å². The highest BCUT2D eigenvalue weighted by atomic mass is 35.5. The van der Waals surface area contributed by atoms with Gasteiger partial charge in [-0.3, -0.25) is 4.68 Å². The molecule has 0 atom stereocenters. The Bertz CT molecular complexity index is 1200. The second kappa shape index (κ2) is 8.41. The van der Waals surface area contributed by atoms with Gasteiger partial charge in [0.25, 0.3) is 0 Å². The normalized spacial score (nSPS) is 10.9. The second-order valence-electron chi connectivity index (χ2n) is 6.68. The summed E-state index contributed by atoms with van der Waals surface area (Å²) < 4.78 is 1.89. The third-order valence-electron chi connectivity index (χ3n) is 4.58. The molecule has 7 heteroatoms. The molecule has 4 rings (SSSR count). The van der Waals surface area contributed by atoms with Gasteiger partial charge >= 0.3 is 0 Å². The molecule has 0 amide bonds. The number of anilines is 2. The number of aromatic nitrogens is 2. The first-order valence-electron chi connectivity index (χ1n) is 9.04. The zero-order valence-corrected chi connectivity index (χ0v) is 17.9. The summed E-state index contributed by atoms with van der Waals surface area (Å²) in [6.45, 7) is 2.59. The Balaban J connectivity index is 1.47. The van der Waals surface area contributed by atoms with Crippen molar-refractivity contribution in [1.82, 2.24) is 9.78 Å². The lowest BCUT2D eigenvalue weighted by atomic mass is 10.1. The molecule has 0 saturated carbocycles. The highest BCUT2D eigenvalue weighted by Crippen LogP contribution is 2.24. The molecule has 0 fully saturated rings. The highest BCUT2D eigenvalue weighted by molar-refractivity contribution is 7.80. The largest absolute Gasteiger partial charge is 0.332 e. The van der Waals surface area contributed by atoms with Crippen LogP contribution in [0.15, 0.2) is 66.7 Å². The summed E-state index contributed by atoms with van der Waals surface area (Å²) in [6.07, 6.45) is 0. The first kappa shape index (κ1) is 19.7. The molecule has 0 aliphatic rings.